The van der Waals surface area contributed by atoms with Gasteiger partial charge in [0.15, 0.2) is 0 Å². The van der Waals surface area contributed by atoms with Crippen molar-refractivity contribution in [1.82, 2.24) is 5.32 Å². The quantitative estimate of drug-likeness (QED) is 0.797. The van der Waals surface area contributed by atoms with Crippen LogP contribution in [0.1, 0.15) is 49.9 Å². The summed E-state index contributed by atoms with van der Waals surface area (Å²) in [5.41, 5.74) is -0.251. The van der Waals surface area contributed by atoms with E-state index in [1.54, 1.807) is 0 Å². The van der Waals surface area contributed by atoms with Crippen LogP contribution < -0.4 is 5.32 Å². The van der Waals surface area contributed by atoms with Crippen molar-refractivity contribution in [2.45, 2.75) is 51.2 Å². The van der Waals surface area contributed by atoms with E-state index in [1.807, 2.05) is 0 Å². The van der Waals surface area contributed by atoms with Crippen molar-refractivity contribution < 1.29 is 19.7 Å². The lowest BCUT2D eigenvalue weighted by Gasteiger charge is -2.40. The minimum Gasteiger partial charge on any atom is -0.507 e. The van der Waals surface area contributed by atoms with Crippen LogP contribution in [0.5, 0.6) is 11.5 Å². The third-order valence-corrected chi connectivity index (χ3v) is 4.36. The van der Waals surface area contributed by atoms with Crippen molar-refractivity contribution in [3.8, 4) is 11.5 Å². The second-order valence-corrected chi connectivity index (χ2v) is 5.57. The fourth-order valence-corrected chi connectivity index (χ4v) is 2.91. The van der Waals surface area contributed by atoms with Crippen molar-refractivity contribution in [1.29, 1.82) is 0 Å². The Morgan fingerprint density at radius 3 is 2.52 bits per heavy atom. The first-order chi connectivity index (χ1) is 10.0. The predicted molar refractivity (Wildman–Crippen MR) is 79.5 cm³/mol. The number of hydrogen-bond donors (Lipinski definition) is 3. The number of nitrogens with one attached hydrogen (secondary N) is 1. The van der Waals surface area contributed by atoms with E-state index in [0.717, 1.165) is 25.7 Å². The highest BCUT2D eigenvalue weighted by Crippen LogP contribution is 2.32. The predicted octanol–water partition coefficient (Wildman–Crippen LogP) is 2.57. The van der Waals surface area contributed by atoms with Gasteiger partial charge in [0.1, 0.15) is 17.1 Å². The summed E-state index contributed by atoms with van der Waals surface area (Å²) in [6.07, 6.45) is 3.29. The van der Waals surface area contributed by atoms with Crippen LogP contribution in [-0.2, 0) is 4.74 Å². The number of phenols is 2. The summed E-state index contributed by atoms with van der Waals surface area (Å²) < 4.78 is 5.88. The molecule has 116 valence electrons. The number of benzene rings is 1. The van der Waals surface area contributed by atoms with Crippen LogP contribution >= 0.6 is 0 Å². The number of carbonyl (C=O) groups is 1. The number of aromatic hydroxyl groups is 2. The fraction of sp³-hybridized carbons (Fsp3) is 0.562. The largest absolute Gasteiger partial charge is 0.507 e. The van der Waals surface area contributed by atoms with E-state index in [4.69, 9.17) is 4.74 Å². The van der Waals surface area contributed by atoms with Gasteiger partial charge in [0.05, 0.1) is 5.60 Å². The Balaban J connectivity index is 2.09. The molecule has 1 saturated heterocycles. The van der Waals surface area contributed by atoms with E-state index < -0.39 is 5.91 Å². The van der Waals surface area contributed by atoms with E-state index in [-0.39, 0.29) is 28.7 Å². The average Bonchev–Trinajstić information content (AvgIpc) is 2.47. The van der Waals surface area contributed by atoms with E-state index in [2.05, 4.69) is 19.2 Å². The zero-order chi connectivity index (χ0) is 15.5. The van der Waals surface area contributed by atoms with Crippen LogP contribution in [0.2, 0.25) is 0 Å². The molecule has 0 radical (unpaired) electrons. The third kappa shape index (κ3) is 3.29. The monoisotopic (exact) mass is 293 g/mol. The Morgan fingerprint density at radius 1 is 1.33 bits per heavy atom. The number of hydrogen-bond acceptors (Lipinski definition) is 4. The van der Waals surface area contributed by atoms with E-state index in [1.165, 1.54) is 18.2 Å². The molecule has 0 bridgehead atoms. The molecule has 1 atom stereocenters. The molecule has 1 unspecified atom stereocenters. The molecule has 1 aromatic carbocycles. The van der Waals surface area contributed by atoms with Gasteiger partial charge in [-0.05, 0) is 37.8 Å². The summed E-state index contributed by atoms with van der Waals surface area (Å²) in [5, 5.41) is 22.4. The second-order valence-electron chi connectivity index (χ2n) is 5.57. The molecule has 21 heavy (non-hydrogen) atoms. The fourth-order valence-electron chi connectivity index (χ4n) is 2.91. The average molecular weight is 293 g/mol. The summed E-state index contributed by atoms with van der Waals surface area (Å²) in [6, 6.07) is 4.27. The molecular formula is C16H23NO4. The number of phenolic OH excluding ortho intramolecular Hbond substituents is 2. The molecule has 5 nitrogen and oxygen atoms in total. The van der Waals surface area contributed by atoms with E-state index >= 15 is 0 Å². The van der Waals surface area contributed by atoms with Crippen molar-refractivity contribution in [3.05, 3.63) is 23.8 Å². The van der Waals surface area contributed by atoms with Crippen molar-refractivity contribution in [2.75, 3.05) is 6.61 Å². The molecule has 1 aliphatic rings. The number of carbonyl (C=O) groups excluding carboxylic acids is 1. The summed E-state index contributed by atoms with van der Waals surface area (Å²) >= 11 is 0. The normalized spacial score (nSPS) is 21.0. The minimum atomic E-state index is -0.446. The van der Waals surface area contributed by atoms with Crippen LogP contribution in [0.4, 0.5) is 0 Å². The van der Waals surface area contributed by atoms with E-state index in [0.29, 0.717) is 6.61 Å². The molecule has 5 heteroatoms. The van der Waals surface area contributed by atoms with E-state index in [9.17, 15) is 15.0 Å². The summed E-state index contributed by atoms with van der Waals surface area (Å²) in [5.74, 6) is -0.868. The SMILES string of the molecule is CCC1(CC)CC(NC(=O)c2c(O)cccc2O)CCO1. The Labute approximate surface area is 124 Å². The molecule has 0 aromatic heterocycles. The number of ether oxygens (including phenoxy) is 1. The molecule has 1 fully saturated rings. The highest BCUT2D eigenvalue weighted by Gasteiger charge is 2.35. The van der Waals surface area contributed by atoms with Crippen molar-refractivity contribution in [2.24, 2.45) is 0 Å². The standard InChI is InChI=1S/C16H23NO4/c1-3-16(4-2)10-11(8-9-21-16)17-15(20)14-12(18)6-5-7-13(14)19/h5-7,11,18-19H,3-4,8-10H2,1-2H3,(H,17,20). The molecule has 1 aromatic rings. The van der Waals surface area contributed by atoms with Crippen LogP contribution in [0.15, 0.2) is 18.2 Å². The van der Waals surface area contributed by atoms with Gasteiger partial charge >= 0.3 is 0 Å². The lowest BCUT2D eigenvalue weighted by molar-refractivity contribution is -0.0917. The maximum atomic E-state index is 12.3. The van der Waals surface area contributed by atoms with Gasteiger partial charge in [0.2, 0.25) is 0 Å². The Kier molecular flexibility index (Phi) is 4.73. The Morgan fingerprint density at radius 2 is 1.95 bits per heavy atom. The Bertz CT molecular complexity index is 491. The summed E-state index contributed by atoms with van der Waals surface area (Å²) in [4.78, 5) is 12.3. The van der Waals surface area contributed by atoms with Gasteiger partial charge in [-0.3, -0.25) is 4.79 Å². The number of rotatable bonds is 4. The zero-order valence-electron chi connectivity index (χ0n) is 12.6. The maximum Gasteiger partial charge on any atom is 0.259 e. The number of amides is 1. The molecular weight excluding hydrogens is 270 g/mol. The highest BCUT2D eigenvalue weighted by atomic mass is 16.5. The van der Waals surface area contributed by atoms with Crippen LogP contribution in [0.25, 0.3) is 0 Å². The smallest absolute Gasteiger partial charge is 0.259 e. The first-order valence-electron chi connectivity index (χ1n) is 7.47. The van der Waals surface area contributed by atoms with Gasteiger partial charge in [-0.1, -0.05) is 19.9 Å². The maximum absolute atomic E-state index is 12.3. The van der Waals surface area contributed by atoms with Gasteiger partial charge in [-0.25, -0.2) is 0 Å². The van der Waals surface area contributed by atoms with Gasteiger partial charge in [0.25, 0.3) is 5.91 Å². The highest BCUT2D eigenvalue weighted by molar-refractivity contribution is 5.99. The lowest BCUT2D eigenvalue weighted by Crippen LogP contribution is -2.48. The van der Waals surface area contributed by atoms with Crippen LogP contribution in [0, 0.1) is 0 Å². The summed E-state index contributed by atoms with van der Waals surface area (Å²) in [7, 11) is 0. The van der Waals surface area contributed by atoms with Crippen LogP contribution in [-0.4, -0.2) is 34.4 Å². The molecule has 0 aliphatic carbocycles. The molecule has 2 rings (SSSR count). The molecule has 3 N–H and O–H groups in total. The minimum absolute atomic E-state index is 0.00911. The molecule has 1 aliphatic heterocycles. The topological polar surface area (TPSA) is 78.8 Å². The first-order valence-corrected chi connectivity index (χ1v) is 7.47. The van der Waals surface area contributed by atoms with Crippen molar-refractivity contribution in [3.63, 3.8) is 0 Å². The first kappa shape index (κ1) is 15.6. The van der Waals surface area contributed by atoms with Gasteiger partial charge in [-0.2, -0.15) is 0 Å². The Hall–Kier alpha value is -1.75. The zero-order valence-corrected chi connectivity index (χ0v) is 12.6. The summed E-state index contributed by atoms with van der Waals surface area (Å²) in [6.45, 7) is 4.78. The van der Waals surface area contributed by atoms with Gasteiger partial charge < -0.3 is 20.3 Å². The second kappa shape index (κ2) is 6.35. The molecule has 0 saturated carbocycles. The van der Waals surface area contributed by atoms with Gasteiger partial charge in [-0.15, -0.1) is 0 Å². The molecule has 0 spiro atoms. The van der Waals surface area contributed by atoms with Gasteiger partial charge in [0, 0.05) is 12.6 Å². The third-order valence-electron chi connectivity index (χ3n) is 4.36. The molecule has 1 amide bonds. The van der Waals surface area contributed by atoms with Crippen molar-refractivity contribution >= 4 is 5.91 Å². The lowest BCUT2D eigenvalue weighted by atomic mass is 9.86. The molecule has 1 heterocycles. The van der Waals surface area contributed by atoms with Crippen LogP contribution in [0.3, 0.4) is 0 Å².